The third kappa shape index (κ3) is 1.59. The minimum absolute atomic E-state index is 0.0648. The smallest absolute Gasteiger partial charge is 0.362 e. The Labute approximate surface area is 103 Å². The van der Waals surface area contributed by atoms with Gasteiger partial charge >= 0.3 is 11.9 Å². The maximum absolute atomic E-state index is 11.6. The molecule has 5 nitrogen and oxygen atoms in total. The number of hydrogen-bond donors (Lipinski definition) is 0. The number of cyclic esters (lactones) is 2. The minimum atomic E-state index is -1.22. The second-order valence-electron chi connectivity index (χ2n) is 4.60. The Balaban J connectivity index is 1.85. The van der Waals surface area contributed by atoms with Crippen molar-refractivity contribution in [2.45, 2.75) is 25.4 Å². The summed E-state index contributed by atoms with van der Waals surface area (Å²) in [7, 11) is 0. The van der Waals surface area contributed by atoms with Crippen LogP contribution in [-0.2, 0) is 19.2 Å². The van der Waals surface area contributed by atoms with Crippen LogP contribution in [0.4, 0.5) is 0 Å². The van der Waals surface area contributed by atoms with Crippen molar-refractivity contribution in [1.82, 2.24) is 0 Å². The topological polar surface area (TPSA) is 65.0 Å². The van der Waals surface area contributed by atoms with Gasteiger partial charge in [-0.05, 0) is 12.5 Å². The highest BCUT2D eigenvalue weighted by molar-refractivity contribution is 6.08. The number of aryl methyl sites for hydroxylation is 1. The predicted molar refractivity (Wildman–Crippen MR) is 61.9 cm³/mol. The Hall–Kier alpha value is -2.17. The fourth-order valence-corrected chi connectivity index (χ4v) is 2.12. The summed E-state index contributed by atoms with van der Waals surface area (Å²) in [6, 6.07) is 7.75. The summed E-state index contributed by atoms with van der Waals surface area (Å²) in [5.74, 6) is -1.20. The van der Waals surface area contributed by atoms with Crippen LogP contribution in [0.15, 0.2) is 29.4 Å². The van der Waals surface area contributed by atoms with E-state index in [4.69, 9.17) is 4.84 Å². The second-order valence-corrected chi connectivity index (χ2v) is 4.60. The molecule has 0 radical (unpaired) electrons. The molecule has 2 aliphatic heterocycles. The summed E-state index contributed by atoms with van der Waals surface area (Å²) < 4.78 is 4.53. The summed E-state index contributed by atoms with van der Waals surface area (Å²) in [5, 5.41) is 3.92. The van der Waals surface area contributed by atoms with Crippen LogP contribution >= 0.6 is 0 Å². The lowest BCUT2D eigenvalue weighted by molar-refractivity contribution is -0.160. The second kappa shape index (κ2) is 3.66. The van der Waals surface area contributed by atoms with Gasteiger partial charge in [0.25, 0.3) is 0 Å². The number of oxime groups is 1. The zero-order valence-electron chi connectivity index (χ0n) is 9.80. The molecule has 0 amide bonds. The number of benzene rings is 1. The van der Waals surface area contributed by atoms with Crippen molar-refractivity contribution < 1.29 is 19.2 Å². The highest BCUT2D eigenvalue weighted by atomic mass is 16.7. The highest BCUT2D eigenvalue weighted by Crippen LogP contribution is 2.35. The van der Waals surface area contributed by atoms with Crippen molar-refractivity contribution in [1.29, 1.82) is 0 Å². The van der Waals surface area contributed by atoms with Crippen LogP contribution in [-0.4, -0.2) is 23.3 Å². The maximum atomic E-state index is 11.6. The Morgan fingerprint density at radius 1 is 1.17 bits per heavy atom. The van der Waals surface area contributed by atoms with Crippen molar-refractivity contribution in [2.75, 3.05) is 0 Å². The molecule has 1 atom stereocenters. The molecule has 2 aliphatic rings. The van der Waals surface area contributed by atoms with Gasteiger partial charge in [0.05, 0.1) is 5.71 Å². The molecule has 3 rings (SSSR count). The van der Waals surface area contributed by atoms with Gasteiger partial charge in [0.2, 0.25) is 5.60 Å². The van der Waals surface area contributed by atoms with E-state index in [0.717, 1.165) is 11.1 Å². The third-order valence-corrected chi connectivity index (χ3v) is 3.18. The van der Waals surface area contributed by atoms with Crippen LogP contribution in [0.3, 0.4) is 0 Å². The number of carbonyl (C=O) groups excluding carboxylic acids is 2. The van der Waals surface area contributed by atoms with Gasteiger partial charge < -0.3 is 9.57 Å². The van der Waals surface area contributed by atoms with Crippen LogP contribution in [0, 0.1) is 6.92 Å². The van der Waals surface area contributed by atoms with Crippen LogP contribution in [0.5, 0.6) is 0 Å². The molecule has 0 saturated carbocycles. The number of ether oxygens (including phenoxy) is 1. The van der Waals surface area contributed by atoms with Gasteiger partial charge in [-0.2, -0.15) is 0 Å². The lowest BCUT2D eigenvalue weighted by atomic mass is 9.92. The van der Waals surface area contributed by atoms with Crippen LogP contribution in [0.1, 0.15) is 24.0 Å². The number of hydrogen-bond acceptors (Lipinski definition) is 5. The molecule has 1 aromatic rings. The molecule has 1 spiro atoms. The molecule has 0 aromatic heterocycles. The molecule has 1 aromatic carbocycles. The number of rotatable bonds is 1. The van der Waals surface area contributed by atoms with Crippen LogP contribution in [0.25, 0.3) is 0 Å². The predicted octanol–water partition coefficient (Wildman–Crippen LogP) is 1.33. The van der Waals surface area contributed by atoms with Gasteiger partial charge in [-0.1, -0.05) is 35.0 Å². The molecule has 0 bridgehead atoms. The summed E-state index contributed by atoms with van der Waals surface area (Å²) in [5.41, 5.74) is 1.48. The highest BCUT2D eigenvalue weighted by Gasteiger charge is 2.55. The lowest BCUT2D eigenvalue weighted by Gasteiger charge is -2.12. The molecular weight excluding hydrogens is 234 g/mol. The summed E-state index contributed by atoms with van der Waals surface area (Å²) in [6.45, 7) is 1.99. The zero-order valence-corrected chi connectivity index (χ0v) is 9.80. The maximum Gasteiger partial charge on any atom is 0.362 e. The average Bonchev–Trinajstić information content (AvgIpc) is 2.86. The molecule has 2 heterocycles. The molecule has 0 N–H and O–H groups in total. The Bertz CT molecular complexity index is 561. The van der Waals surface area contributed by atoms with E-state index in [1.807, 2.05) is 31.2 Å². The fraction of sp³-hybridized carbons (Fsp3) is 0.308. The van der Waals surface area contributed by atoms with Gasteiger partial charge in [-0.25, -0.2) is 4.79 Å². The monoisotopic (exact) mass is 245 g/mol. The zero-order chi connectivity index (χ0) is 12.8. The van der Waals surface area contributed by atoms with Crippen LogP contribution in [0.2, 0.25) is 0 Å². The average molecular weight is 245 g/mol. The molecule has 1 unspecified atom stereocenters. The van der Waals surface area contributed by atoms with Crippen molar-refractivity contribution in [3.8, 4) is 0 Å². The van der Waals surface area contributed by atoms with Gasteiger partial charge in [0.1, 0.15) is 6.42 Å². The number of esters is 2. The lowest BCUT2D eigenvalue weighted by Crippen LogP contribution is -2.34. The summed E-state index contributed by atoms with van der Waals surface area (Å²) >= 11 is 0. The van der Waals surface area contributed by atoms with Crippen LogP contribution < -0.4 is 0 Å². The molecule has 92 valence electrons. The van der Waals surface area contributed by atoms with Gasteiger partial charge in [-0.3, -0.25) is 4.79 Å². The molecule has 5 heteroatoms. The SMILES string of the molecule is Cc1ccc(C2=NOC3(CC(=O)OC3=O)C2)cc1. The van der Waals surface area contributed by atoms with E-state index in [0.29, 0.717) is 5.71 Å². The molecule has 18 heavy (non-hydrogen) atoms. The first kappa shape index (κ1) is 11.0. The summed E-state index contributed by atoms with van der Waals surface area (Å²) in [6.07, 6.45) is 0.214. The van der Waals surface area contributed by atoms with E-state index in [9.17, 15) is 9.59 Å². The molecular formula is C13H11NO4. The van der Waals surface area contributed by atoms with Crippen molar-refractivity contribution in [3.05, 3.63) is 35.4 Å². The van der Waals surface area contributed by atoms with Gasteiger partial charge in [-0.15, -0.1) is 0 Å². The van der Waals surface area contributed by atoms with E-state index in [-0.39, 0.29) is 12.8 Å². The van der Waals surface area contributed by atoms with Crippen molar-refractivity contribution >= 4 is 17.7 Å². The standard InChI is InChI=1S/C13H11NO4/c1-8-2-4-9(5-3-8)10-6-13(18-14-10)7-11(15)17-12(13)16/h2-5H,6-7H2,1H3. The van der Waals surface area contributed by atoms with Crippen molar-refractivity contribution in [2.24, 2.45) is 5.16 Å². The van der Waals surface area contributed by atoms with Gasteiger partial charge in [0.15, 0.2) is 0 Å². The van der Waals surface area contributed by atoms with E-state index >= 15 is 0 Å². The van der Waals surface area contributed by atoms with E-state index in [1.54, 1.807) is 0 Å². The summed E-state index contributed by atoms with van der Waals surface area (Å²) in [4.78, 5) is 27.9. The Morgan fingerprint density at radius 3 is 2.50 bits per heavy atom. The minimum Gasteiger partial charge on any atom is -0.390 e. The molecule has 0 aliphatic carbocycles. The quantitative estimate of drug-likeness (QED) is 0.553. The Kier molecular flexibility index (Phi) is 2.23. The first-order valence-electron chi connectivity index (χ1n) is 5.66. The first-order valence-corrected chi connectivity index (χ1v) is 5.66. The largest absolute Gasteiger partial charge is 0.390 e. The Morgan fingerprint density at radius 2 is 1.89 bits per heavy atom. The number of nitrogens with zero attached hydrogens (tertiary/aromatic N) is 1. The third-order valence-electron chi connectivity index (χ3n) is 3.18. The van der Waals surface area contributed by atoms with E-state index < -0.39 is 17.5 Å². The first-order chi connectivity index (χ1) is 8.59. The van der Waals surface area contributed by atoms with E-state index in [2.05, 4.69) is 9.89 Å². The van der Waals surface area contributed by atoms with Gasteiger partial charge in [0, 0.05) is 6.42 Å². The number of carbonyl (C=O) groups is 2. The normalized spacial score (nSPS) is 26.2. The van der Waals surface area contributed by atoms with Crippen molar-refractivity contribution in [3.63, 3.8) is 0 Å². The fourth-order valence-electron chi connectivity index (χ4n) is 2.12. The molecule has 1 saturated heterocycles. The van der Waals surface area contributed by atoms with E-state index in [1.165, 1.54) is 0 Å². The molecule has 1 fully saturated rings.